The van der Waals surface area contributed by atoms with Crippen LogP contribution in [-0.2, 0) is 9.59 Å². The van der Waals surface area contributed by atoms with Crippen molar-refractivity contribution in [3.8, 4) is 0 Å². The van der Waals surface area contributed by atoms with Gasteiger partial charge in [0.15, 0.2) is 0 Å². The summed E-state index contributed by atoms with van der Waals surface area (Å²) in [6, 6.07) is -0.547. The zero-order valence-corrected chi connectivity index (χ0v) is 12.0. The molecule has 18 heavy (non-hydrogen) atoms. The number of amides is 2. The SMILES string of the molecule is CCN(C)C(=O)C(C)NC(=O)C1(C(N)=S)CCC1. The first-order valence-electron chi connectivity index (χ1n) is 6.21. The first-order valence-corrected chi connectivity index (χ1v) is 6.62. The second kappa shape index (κ2) is 5.65. The largest absolute Gasteiger partial charge is 0.392 e. The number of nitrogens with one attached hydrogen (secondary N) is 1. The number of nitrogens with zero attached hydrogens (tertiary/aromatic N) is 1. The molecule has 0 aromatic carbocycles. The highest BCUT2D eigenvalue weighted by molar-refractivity contribution is 7.80. The summed E-state index contributed by atoms with van der Waals surface area (Å²) in [7, 11) is 1.71. The maximum absolute atomic E-state index is 12.2. The summed E-state index contributed by atoms with van der Waals surface area (Å²) < 4.78 is 0. The van der Waals surface area contributed by atoms with Crippen LogP contribution in [0.3, 0.4) is 0 Å². The standard InChI is InChI=1S/C12H21N3O2S/c1-4-15(3)9(16)8(2)14-11(17)12(10(13)18)6-5-7-12/h8H,4-7H2,1-3H3,(H2,13,18)(H,14,17). The van der Waals surface area contributed by atoms with E-state index in [9.17, 15) is 9.59 Å². The van der Waals surface area contributed by atoms with Crippen molar-refractivity contribution in [1.29, 1.82) is 0 Å². The van der Waals surface area contributed by atoms with Crippen molar-refractivity contribution in [2.45, 2.75) is 39.2 Å². The van der Waals surface area contributed by atoms with Crippen LogP contribution in [0.15, 0.2) is 0 Å². The second-order valence-electron chi connectivity index (χ2n) is 4.85. The molecule has 0 aliphatic heterocycles. The molecule has 1 fully saturated rings. The molecular weight excluding hydrogens is 250 g/mol. The van der Waals surface area contributed by atoms with Gasteiger partial charge in [-0.25, -0.2) is 0 Å². The first kappa shape index (κ1) is 14.9. The summed E-state index contributed by atoms with van der Waals surface area (Å²) in [4.78, 5) is 25.8. The van der Waals surface area contributed by atoms with Crippen LogP contribution in [0.1, 0.15) is 33.1 Å². The van der Waals surface area contributed by atoms with Crippen LogP contribution in [-0.4, -0.2) is 41.3 Å². The zero-order valence-electron chi connectivity index (χ0n) is 11.2. The number of carbonyl (C=O) groups excluding carboxylic acids is 2. The molecule has 1 saturated carbocycles. The van der Waals surface area contributed by atoms with Gasteiger partial charge >= 0.3 is 0 Å². The van der Waals surface area contributed by atoms with Crippen LogP contribution in [0.2, 0.25) is 0 Å². The van der Waals surface area contributed by atoms with Crippen LogP contribution in [0.5, 0.6) is 0 Å². The Kier molecular flexibility index (Phi) is 4.67. The number of rotatable bonds is 5. The van der Waals surface area contributed by atoms with E-state index in [0.29, 0.717) is 19.4 Å². The van der Waals surface area contributed by atoms with Crippen LogP contribution in [0.4, 0.5) is 0 Å². The molecule has 3 N–H and O–H groups in total. The Morgan fingerprint density at radius 1 is 1.50 bits per heavy atom. The van der Waals surface area contributed by atoms with Gasteiger partial charge in [0.05, 0.1) is 10.4 Å². The molecular formula is C12H21N3O2S. The Balaban J connectivity index is 2.65. The summed E-state index contributed by atoms with van der Waals surface area (Å²) in [5.74, 6) is -0.324. The Bertz CT molecular complexity index is 366. The topological polar surface area (TPSA) is 75.4 Å². The van der Waals surface area contributed by atoms with Gasteiger partial charge in [-0.05, 0) is 26.7 Å². The number of hydrogen-bond acceptors (Lipinski definition) is 3. The molecule has 1 atom stereocenters. The smallest absolute Gasteiger partial charge is 0.244 e. The summed E-state index contributed by atoms with van der Waals surface area (Å²) in [6.45, 7) is 4.17. The fraction of sp³-hybridized carbons (Fsp3) is 0.750. The molecule has 0 aromatic rings. The fourth-order valence-corrected chi connectivity index (χ4v) is 2.30. The number of hydrogen-bond donors (Lipinski definition) is 2. The predicted molar refractivity (Wildman–Crippen MR) is 74.0 cm³/mol. The summed E-state index contributed by atoms with van der Waals surface area (Å²) in [6.07, 6.45) is 2.30. The Labute approximate surface area is 113 Å². The molecule has 0 spiro atoms. The average Bonchev–Trinajstić information content (AvgIpc) is 2.24. The molecule has 0 saturated heterocycles. The van der Waals surface area contributed by atoms with Gasteiger partial charge in [0.1, 0.15) is 6.04 Å². The maximum atomic E-state index is 12.2. The van der Waals surface area contributed by atoms with Crippen molar-refractivity contribution >= 4 is 29.0 Å². The van der Waals surface area contributed by atoms with Gasteiger partial charge in [0.2, 0.25) is 11.8 Å². The zero-order chi connectivity index (χ0) is 13.9. The molecule has 1 unspecified atom stereocenters. The maximum Gasteiger partial charge on any atom is 0.244 e. The van der Waals surface area contributed by atoms with E-state index in [4.69, 9.17) is 18.0 Å². The molecule has 6 heteroatoms. The van der Waals surface area contributed by atoms with Crippen molar-refractivity contribution in [2.24, 2.45) is 11.1 Å². The van der Waals surface area contributed by atoms with Crippen LogP contribution < -0.4 is 11.1 Å². The van der Waals surface area contributed by atoms with Crippen molar-refractivity contribution in [3.05, 3.63) is 0 Å². The first-order chi connectivity index (χ1) is 8.35. The highest BCUT2D eigenvalue weighted by atomic mass is 32.1. The molecule has 5 nitrogen and oxygen atoms in total. The summed E-state index contributed by atoms with van der Waals surface area (Å²) >= 11 is 4.97. The lowest BCUT2D eigenvalue weighted by atomic mass is 9.68. The highest BCUT2D eigenvalue weighted by Crippen LogP contribution is 2.41. The molecule has 0 aromatic heterocycles. The third-order valence-electron chi connectivity index (χ3n) is 3.68. The Morgan fingerprint density at radius 3 is 2.39 bits per heavy atom. The van der Waals surface area contributed by atoms with Gasteiger partial charge in [-0.15, -0.1) is 0 Å². The summed E-state index contributed by atoms with van der Waals surface area (Å²) in [5.41, 5.74) is 4.92. The molecule has 0 heterocycles. The van der Waals surface area contributed by atoms with E-state index in [1.54, 1.807) is 18.9 Å². The van der Waals surface area contributed by atoms with Crippen LogP contribution >= 0.6 is 12.2 Å². The van der Waals surface area contributed by atoms with Crippen molar-refractivity contribution < 1.29 is 9.59 Å². The normalized spacial score (nSPS) is 18.4. The monoisotopic (exact) mass is 271 g/mol. The highest BCUT2D eigenvalue weighted by Gasteiger charge is 2.47. The van der Waals surface area contributed by atoms with Gasteiger partial charge in [0.25, 0.3) is 0 Å². The van der Waals surface area contributed by atoms with Crippen molar-refractivity contribution in [1.82, 2.24) is 10.2 Å². The van der Waals surface area contributed by atoms with E-state index >= 15 is 0 Å². The molecule has 1 rings (SSSR count). The third kappa shape index (κ3) is 2.63. The third-order valence-corrected chi connectivity index (χ3v) is 4.07. The van der Waals surface area contributed by atoms with Gasteiger partial charge < -0.3 is 16.0 Å². The lowest BCUT2D eigenvalue weighted by Crippen LogP contribution is -2.57. The molecule has 2 amide bonds. The molecule has 102 valence electrons. The number of likely N-dealkylation sites (N-methyl/N-ethyl adjacent to an activating group) is 1. The molecule has 1 aliphatic rings. The van der Waals surface area contributed by atoms with Crippen molar-refractivity contribution in [3.63, 3.8) is 0 Å². The number of carbonyl (C=O) groups is 2. The van der Waals surface area contributed by atoms with Gasteiger partial charge in [-0.1, -0.05) is 18.6 Å². The average molecular weight is 271 g/mol. The second-order valence-corrected chi connectivity index (χ2v) is 5.29. The van der Waals surface area contributed by atoms with Crippen LogP contribution in [0.25, 0.3) is 0 Å². The minimum Gasteiger partial charge on any atom is -0.392 e. The lowest BCUT2D eigenvalue weighted by molar-refractivity contribution is -0.138. The number of nitrogens with two attached hydrogens (primary N) is 1. The van der Waals surface area contributed by atoms with Crippen molar-refractivity contribution in [2.75, 3.05) is 13.6 Å². The van der Waals surface area contributed by atoms with Gasteiger partial charge in [-0.2, -0.15) is 0 Å². The van der Waals surface area contributed by atoms with Gasteiger partial charge in [0, 0.05) is 13.6 Å². The van der Waals surface area contributed by atoms with E-state index in [1.807, 2.05) is 6.92 Å². The lowest BCUT2D eigenvalue weighted by Gasteiger charge is -2.39. The van der Waals surface area contributed by atoms with E-state index in [1.165, 1.54) is 0 Å². The minimum absolute atomic E-state index is 0.108. The van der Waals surface area contributed by atoms with Crippen LogP contribution in [0, 0.1) is 5.41 Å². The van der Waals surface area contributed by atoms with Gasteiger partial charge in [-0.3, -0.25) is 9.59 Å². The Hall–Kier alpha value is -1.17. The van der Waals surface area contributed by atoms with E-state index in [2.05, 4.69) is 5.32 Å². The summed E-state index contributed by atoms with van der Waals surface area (Å²) in [5, 5.41) is 2.72. The number of thiocarbonyl (C=S) groups is 1. The Morgan fingerprint density at radius 2 is 2.06 bits per heavy atom. The van der Waals surface area contributed by atoms with E-state index in [-0.39, 0.29) is 16.8 Å². The fourth-order valence-electron chi connectivity index (χ4n) is 2.00. The molecule has 0 bridgehead atoms. The minimum atomic E-state index is -0.728. The predicted octanol–water partition coefficient (Wildman–Crippen LogP) is 0.426. The van der Waals surface area contributed by atoms with E-state index in [0.717, 1.165) is 6.42 Å². The molecule has 1 aliphatic carbocycles. The quantitative estimate of drug-likeness (QED) is 0.711. The molecule has 0 radical (unpaired) electrons. The van der Waals surface area contributed by atoms with E-state index < -0.39 is 11.5 Å².